The average molecular weight is 318 g/mol. The predicted molar refractivity (Wildman–Crippen MR) is 95.3 cm³/mol. The van der Waals surface area contributed by atoms with E-state index in [0.717, 1.165) is 71.0 Å². The Morgan fingerprint density at radius 3 is 2.30 bits per heavy atom. The van der Waals surface area contributed by atoms with E-state index in [-0.39, 0.29) is 0 Å². The summed E-state index contributed by atoms with van der Waals surface area (Å²) in [6.45, 7) is 8.44. The van der Waals surface area contributed by atoms with Gasteiger partial charge in [0, 0.05) is 44.5 Å². The fourth-order valence-corrected chi connectivity index (χ4v) is 3.29. The van der Waals surface area contributed by atoms with Crippen LogP contribution in [0.3, 0.4) is 0 Å². The third-order valence-electron chi connectivity index (χ3n) is 5.01. The van der Waals surface area contributed by atoms with Crippen LogP contribution in [0.25, 0.3) is 0 Å². The molecule has 0 spiro atoms. The Kier molecular flexibility index (Phi) is 5.75. The topological polar surface area (TPSA) is 45.0 Å². The van der Waals surface area contributed by atoms with E-state index < -0.39 is 0 Å². The minimum Gasteiger partial charge on any atom is -0.492 e. The molecule has 0 unspecified atom stereocenters. The molecular formula is C18H30N4O. The zero-order valence-electron chi connectivity index (χ0n) is 14.3. The number of rotatable bonds is 5. The van der Waals surface area contributed by atoms with E-state index in [9.17, 15) is 0 Å². The number of hydrogen-bond acceptors (Lipinski definition) is 5. The number of likely N-dealkylation sites (N-methyl/N-ethyl adjacent to an activating group) is 1. The molecule has 2 saturated heterocycles. The highest BCUT2D eigenvalue weighted by Crippen LogP contribution is 2.20. The molecule has 2 aliphatic heterocycles. The fourth-order valence-electron chi connectivity index (χ4n) is 3.29. The second-order valence-electron chi connectivity index (χ2n) is 6.81. The van der Waals surface area contributed by atoms with Crippen LogP contribution in [-0.2, 0) is 0 Å². The van der Waals surface area contributed by atoms with Gasteiger partial charge in [0.15, 0.2) is 0 Å². The summed E-state index contributed by atoms with van der Waals surface area (Å²) in [6.07, 6.45) is 2.22. The van der Waals surface area contributed by atoms with Gasteiger partial charge in [-0.2, -0.15) is 0 Å². The number of likely N-dealkylation sites (tertiary alicyclic amines) is 1. The second-order valence-corrected chi connectivity index (χ2v) is 6.81. The molecule has 0 atom stereocenters. The number of anilines is 1. The summed E-state index contributed by atoms with van der Waals surface area (Å²) in [5, 5.41) is 0. The van der Waals surface area contributed by atoms with E-state index in [0.29, 0.717) is 6.04 Å². The molecule has 23 heavy (non-hydrogen) atoms. The number of nitrogens with zero attached hydrogens (tertiary/aromatic N) is 3. The summed E-state index contributed by atoms with van der Waals surface area (Å²) in [7, 11) is 2.18. The fraction of sp³-hybridized carbons (Fsp3) is 0.667. The van der Waals surface area contributed by atoms with Crippen LogP contribution in [0.4, 0.5) is 5.69 Å². The highest BCUT2D eigenvalue weighted by molar-refractivity contribution is 5.49. The lowest BCUT2D eigenvalue weighted by atomic mass is 10.1. The van der Waals surface area contributed by atoms with Crippen LogP contribution in [-0.4, -0.2) is 75.3 Å². The second kappa shape index (κ2) is 7.99. The zero-order valence-corrected chi connectivity index (χ0v) is 14.3. The van der Waals surface area contributed by atoms with Crippen LogP contribution < -0.4 is 15.4 Å². The number of ether oxygens (including phenoxy) is 1. The third kappa shape index (κ3) is 4.83. The van der Waals surface area contributed by atoms with Crippen molar-refractivity contribution in [1.82, 2.24) is 9.80 Å². The van der Waals surface area contributed by atoms with Crippen LogP contribution in [0.5, 0.6) is 5.75 Å². The molecule has 5 heteroatoms. The van der Waals surface area contributed by atoms with Gasteiger partial charge in [-0.15, -0.1) is 0 Å². The van der Waals surface area contributed by atoms with Gasteiger partial charge in [-0.25, -0.2) is 0 Å². The largest absolute Gasteiger partial charge is 0.492 e. The lowest BCUT2D eigenvalue weighted by molar-refractivity contribution is 0.174. The molecule has 1 aromatic carbocycles. The summed E-state index contributed by atoms with van der Waals surface area (Å²) < 4.78 is 5.90. The Bertz CT molecular complexity index is 462. The van der Waals surface area contributed by atoms with Crippen molar-refractivity contribution >= 4 is 5.69 Å². The van der Waals surface area contributed by atoms with Gasteiger partial charge < -0.3 is 20.3 Å². The molecule has 0 amide bonds. The number of piperidine rings is 1. The van der Waals surface area contributed by atoms with Crippen molar-refractivity contribution in [2.45, 2.75) is 18.9 Å². The summed E-state index contributed by atoms with van der Waals surface area (Å²) in [5.74, 6) is 0.969. The Labute approximate surface area is 140 Å². The van der Waals surface area contributed by atoms with Crippen LogP contribution in [0.2, 0.25) is 0 Å². The van der Waals surface area contributed by atoms with Crippen molar-refractivity contribution < 1.29 is 4.74 Å². The minimum atomic E-state index is 0.397. The molecule has 0 aliphatic carbocycles. The summed E-state index contributed by atoms with van der Waals surface area (Å²) in [6, 6.07) is 8.95. The summed E-state index contributed by atoms with van der Waals surface area (Å²) in [5.41, 5.74) is 7.24. The quantitative estimate of drug-likeness (QED) is 0.885. The highest BCUT2D eigenvalue weighted by Gasteiger charge is 2.16. The molecular weight excluding hydrogens is 288 g/mol. The molecule has 2 fully saturated rings. The molecule has 0 saturated carbocycles. The molecule has 0 radical (unpaired) electrons. The maximum atomic E-state index is 5.94. The molecule has 0 aromatic heterocycles. The minimum absolute atomic E-state index is 0.397. The monoisotopic (exact) mass is 318 g/mol. The van der Waals surface area contributed by atoms with E-state index in [1.807, 2.05) is 0 Å². The van der Waals surface area contributed by atoms with Crippen molar-refractivity contribution in [2.75, 3.05) is 64.4 Å². The first-order chi connectivity index (χ1) is 11.2. The maximum absolute atomic E-state index is 5.94. The summed E-state index contributed by atoms with van der Waals surface area (Å²) >= 11 is 0. The van der Waals surface area contributed by atoms with Crippen molar-refractivity contribution in [3.05, 3.63) is 24.3 Å². The van der Waals surface area contributed by atoms with Crippen LogP contribution in [0.1, 0.15) is 12.8 Å². The zero-order chi connectivity index (χ0) is 16.1. The van der Waals surface area contributed by atoms with Gasteiger partial charge in [0.2, 0.25) is 0 Å². The van der Waals surface area contributed by atoms with Crippen molar-refractivity contribution in [1.29, 1.82) is 0 Å². The maximum Gasteiger partial charge on any atom is 0.119 e. The Balaban J connectivity index is 1.41. The van der Waals surface area contributed by atoms with E-state index in [1.54, 1.807) is 0 Å². The van der Waals surface area contributed by atoms with Gasteiger partial charge in [-0.05, 0) is 57.2 Å². The van der Waals surface area contributed by atoms with Crippen molar-refractivity contribution in [2.24, 2.45) is 5.73 Å². The first-order valence-electron chi connectivity index (χ1n) is 8.85. The van der Waals surface area contributed by atoms with Gasteiger partial charge in [-0.3, -0.25) is 4.90 Å². The number of benzene rings is 1. The normalized spacial score (nSPS) is 21.6. The Hall–Kier alpha value is -1.30. The van der Waals surface area contributed by atoms with Crippen LogP contribution in [0.15, 0.2) is 24.3 Å². The molecule has 5 nitrogen and oxygen atoms in total. The van der Waals surface area contributed by atoms with Gasteiger partial charge in [0.1, 0.15) is 12.4 Å². The van der Waals surface area contributed by atoms with Crippen LogP contribution >= 0.6 is 0 Å². The number of nitrogens with two attached hydrogens (primary N) is 1. The summed E-state index contributed by atoms with van der Waals surface area (Å²) in [4.78, 5) is 7.27. The van der Waals surface area contributed by atoms with E-state index in [4.69, 9.17) is 10.5 Å². The van der Waals surface area contributed by atoms with Crippen molar-refractivity contribution in [3.63, 3.8) is 0 Å². The van der Waals surface area contributed by atoms with Crippen molar-refractivity contribution in [3.8, 4) is 5.75 Å². The average Bonchev–Trinajstić information content (AvgIpc) is 2.58. The third-order valence-corrected chi connectivity index (χ3v) is 5.01. The predicted octanol–water partition coefficient (Wildman–Crippen LogP) is 1.24. The molecule has 128 valence electrons. The molecule has 2 aliphatic rings. The van der Waals surface area contributed by atoms with Crippen LogP contribution in [0, 0.1) is 0 Å². The standard InChI is InChI=1S/C18H30N4O/c1-20-10-12-22(13-11-20)17-2-4-18(5-3-17)23-15-14-21-8-6-16(19)7-9-21/h2-5,16H,6-15,19H2,1H3. The van der Waals surface area contributed by atoms with E-state index in [2.05, 4.69) is 46.0 Å². The SMILES string of the molecule is CN1CCN(c2ccc(OCCN3CCC(N)CC3)cc2)CC1. The molecule has 1 aromatic rings. The molecule has 3 rings (SSSR count). The molecule has 0 bridgehead atoms. The number of hydrogen-bond donors (Lipinski definition) is 1. The van der Waals surface area contributed by atoms with Gasteiger partial charge in [-0.1, -0.05) is 0 Å². The van der Waals surface area contributed by atoms with E-state index >= 15 is 0 Å². The smallest absolute Gasteiger partial charge is 0.119 e. The lowest BCUT2D eigenvalue weighted by Crippen LogP contribution is -2.44. The van der Waals surface area contributed by atoms with Gasteiger partial charge in [0.25, 0.3) is 0 Å². The van der Waals surface area contributed by atoms with E-state index in [1.165, 1.54) is 5.69 Å². The van der Waals surface area contributed by atoms with Gasteiger partial charge in [0.05, 0.1) is 0 Å². The Morgan fingerprint density at radius 2 is 1.65 bits per heavy atom. The molecule has 2 N–H and O–H groups in total. The first-order valence-corrected chi connectivity index (χ1v) is 8.85. The highest BCUT2D eigenvalue weighted by atomic mass is 16.5. The van der Waals surface area contributed by atoms with Gasteiger partial charge >= 0.3 is 0 Å². The first kappa shape index (κ1) is 16.6. The Morgan fingerprint density at radius 1 is 1.00 bits per heavy atom. The lowest BCUT2D eigenvalue weighted by Gasteiger charge is -2.34. The molecule has 2 heterocycles. The number of piperazine rings is 1.